The molecule has 0 radical (unpaired) electrons. The number of hydrogen-bond acceptors (Lipinski definition) is 11. The summed E-state index contributed by atoms with van der Waals surface area (Å²) in [6, 6.07) is 47.3. The maximum atomic E-state index is 12.4. The molecule has 81 heavy (non-hydrogen) atoms. The van der Waals surface area contributed by atoms with E-state index in [0.717, 1.165) is 128 Å². The number of aromatic nitrogens is 3. The number of cyclic esters (lactones) is 2. The number of amides is 3. The summed E-state index contributed by atoms with van der Waals surface area (Å²) in [5.41, 5.74) is 12.4. The summed E-state index contributed by atoms with van der Waals surface area (Å²) in [5.74, 6) is 2.32. The van der Waals surface area contributed by atoms with Gasteiger partial charge < -0.3 is 42.3 Å². The van der Waals surface area contributed by atoms with Crippen LogP contribution in [-0.4, -0.2) is 97.4 Å². The number of rotatable bonds is 12. The van der Waals surface area contributed by atoms with Gasteiger partial charge in [0, 0.05) is 83.5 Å². The number of fused-ring (bicyclic) bond motifs is 3. The lowest BCUT2D eigenvalue weighted by Gasteiger charge is -2.30. The van der Waals surface area contributed by atoms with Crippen molar-refractivity contribution in [1.29, 1.82) is 15.8 Å². The molecule has 0 N–H and O–H groups in total. The molecule has 408 valence electrons. The zero-order valence-corrected chi connectivity index (χ0v) is 46.0. The predicted molar refractivity (Wildman–Crippen MR) is 311 cm³/mol. The zero-order chi connectivity index (χ0) is 56.9. The molecule has 3 amide bonds. The Labute approximate surface area is 469 Å². The van der Waals surface area contributed by atoms with Gasteiger partial charge >= 0.3 is 12.2 Å². The molecular formula is C64H59N9O8. The molecule has 3 aliphatic rings. The average molecular weight is 1080 g/mol. The van der Waals surface area contributed by atoms with Crippen LogP contribution in [0.15, 0.2) is 127 Å². The first-order valence-electron chi connectivity index (χ1n) is 26.8. The Balaban J connectivity index is 0.000000136. The maximum Gasteiger partial charge on any atom is 0.414 e. The smallest absolute Gasteiger partial charge is 0.414 e. The van der Waals surface area contributed by atoms with Crippen LogP contribution in [0, 0.1) is 34.0 Å². The Kier molecular flexibility index (Phi) is 15.7. The highest BCUT2D eigenvalue weighted by atomic mass is 16.6. The number of carbonyl (C=O) groups excluding carboxylic acids is 3. The highest BCUT2D eigenvalue weighted by molar-refractivity contribution is 6.00. The van der Waals surface area contributed by atoms with E-state index in [-0.39, 0.29) is 18.1 Å². The van der Waals surface area contributed by atoms with Gasteiger partial charge in [-0.25, -0.2) is 9.59 Å². The summed E-state index contributed by atoms with van der Waals surface area (Å²) < 4.78 is 32.4. The molecule has 3 saturated heterocycles. The van der Waals surface area contributed by atoms with E-state index < -0.39 is 0 Å². The van der Waals surface area contributed by atoms with Crippen molar-refractivity contribution in [2.75, 3.05) is 70.5 Å². The highest BCUT2D eigenvalue weighted by Crippen LogP contribution is 2.40. The molecular weight excluding hydrogens is 1020 g/mol. The van der Waals surface area contributed by atoms with Crippen molar-refractivity contribution in [2.45, 2.75) is 46.8 Å². The Hall–Kier alpha value is -10.2. The van der Waals surface area contributed by atoms with Gasteiger partial charge in [-0.1, -0.05) is 36.4 Å². The molecule has 0 saturated carbocycles. The maximum absolute atomic E-state index is 12.4. The molecule has 6 heterocycles. The number of ether oxygens (including phenoxy) is 5. The van der Waals surface area contributed by atoms with Gasteiger partial charge in [-0.05, 0) is 117 Å². The van der Waals surface area contributed by atoms with Crippen molar-refractivity contribution >= 4 is 62.2 Å². The van der Waals surface area contributed by atoms with Gasteiger partial charge in [-0.2, -0.15) is 15.8 Å². The molecule has 9 aromatic rings. The third-order valence-corrected chi connectivity index (χ3v) is 15.1. The molecule has 6 aromatic carbocycles. The molecule has 3 fully saturated rings. The van der Waals surface area contributed by atoms with Gasteiger partial charge in [-0.15, -0.1) is 0 Å². The van der Waals surface area contributed by atoms with E-state index in [4.69, 9.17) is 23.7 Å². The number of carbonyl (C=O) groups is 3. The molecule has 12 rings (SSSR count). The van der Waals surface area contributed by atoms with Crippen molar-refractivity contribution in [3.8, 4) is 69.2 Å². The highest BCUT2D eigenvalue weighted by Gasteiger charge is 2.28. The summed E-state index contributed by atoms with van der Waals surface area (Å²) >= 11 is 0. The Morgan fingerprint density at radius 2 is 0.951 bits per heavy atom. The molecule has 17 heteroatoms. The molecule has 0 bridgehead atoms. The van der Waals surface area contributed by atoms with Gasteiger partial charge in [0.25, 0.3) is 5.91 Å². The van der Waals surface area contributed by atoms with Crippen LogP contribution in [-0.2, 0) is 29.1 Å². The lowest BCUT2D eigenvalue weighted by molar-refractivity contribution is 0.0651. The second-order valence-corrected chi connectivity index (χ2v) is 19.2. The van der Waals surface area contributed by atoms with Gasteiger partial charge in [0.15, 0.2) is 0 Å². The monoisotopic (exact) mass is 1080 g/mol. The quantitative estimate of drug-likeness (QED) is 0.113. The summed E-state index contributed by atoms with van der Waals surface area (Å²) in [4.78, 5) is 41.1. The second kappa shape index (κ2) is 23.4. The van der Waals surface area contributed by atoms with Gasteiger partial charge in [0.2, 0.25) is 0 Å². The molecule has 17 nitrogen and oxygen atoms in total. The first-order valence-corrected chi connectivity index (χ1v) is 26.8. The molecule has 0 atom stereocenters. The minimum absolute atomic E-state index is 0.0779. The standard InChI is InChI=1S/C22H21N3O2.2C21H19N3O3/c1-3-25-20-10-9-17(27-2)13-18(20)19(14-23)21(25)15-5-7-16(8-6-15)22(26)24-11-4-12-24;1-3-23-19-12-16(26-2)8-9-17(19)18(13-22)20(23)14-4-6-15(7-5-14)24-10-11-27-21(24)25;1-3-23-19-12-16(26-2)7-8-17(19)18(13-22)20(23)14-5-4-6-15(11-14)24-9-10-27-21(24)25/h5-10,13H,3-4,11-12H2,1-2H3;4-9,12H,3,10-11H2,1-2H3;4-8,11-12H,3,9-10H2,1-2H3. The molecule has 3 aromatic heterocycles. The molecule has 0 unspecified atom stereocenters. The van der Waals surface area contributed by atoms with Crippen LogP contribution < -0.4 is 24.0 Å². The van der Waals surface area contributed by atoms with Crippen LogP contribution in [0.3, 0.4) is 0 Å². The van der Waals surface area contributed by atoms with Crippen molar-refractivity contribution in [3.05, 3.63) is 150 Å². The van der Waals surface area contributed by atoms with Gasteiger partial charge in [0.05, 0.1) is 84.7 Å². The van der Waals surface area contributed by atoms with E-state index >= 15 is 0 Å². The van der Waals surface area contributed by atoms with Crippen LogP contribution in [0.25, 0.3) is 66.5 Å². The number of nitrogens with zero attached hydrogens (tertiary/aromatic N) is 9. The second-order valence-electron chi connectivity index (χ2n) is 19.2. The first-order chi connectivity index (χ1) is 39.5. The van der Waals surface area contributed by atoms with Crippen LogP contribution in [0.4, 0.5) is 21.0 Å². The molecule has 3 aliphatic heterocycles. The number of methoxy groups -OCH3 is 3. The van der Waals surface area contributed by atoms with Crippen LogP contribution in [0.1, 0.15) is 54.2 Å². The number of nitriles is 3. The van der Waals surface area contributed by atoms with E-state index in [2.05, 4.69) is 45.8 Å². The average Bonchev–Trinajstić information content (AvgIpc) is 4.53. The van der Waals surface area contributed by atoms with Crippen molar-refractivity contribution < 1.29 is 38.1 Å². The minimum atomic E-state index is -0.339. The predicted octanol–water partition coefficient (Wildman–Crippen LogP) is 12.4. The number of hydrogen-bond donors (Lipinski definition) is 0. The number of anilines is 2. The number of benzene rings is 6. The Morgan fingerprint density at radius 3 is 1.41 bits per heavy atom. The third kappa shape index (κ3) is 10.0. The fourth-order valence-corrected chi connectivity index (χ4v) is 10.9. The summed E-state index contributed by atoms with van der Waals surface area (Å²) in [6.45, 7) is 11.9. The topological polar surface area (TPSA) is 193 Å². The van der Waals surface area contributed by atoms with Gasteiger partial charge in [0.1, 0.15) is 48.7 Å². The number of likely N-dealkylation sites (tertiary alicyclic amines) is 1. The van der Waals surface area contributed by atoms with E-state index in [1.165, 1.54) is 0 Å². The van der Waals surface area contributed by atoms with E-state index in [0.29, 0.717) is 55.1 Å². The largest absolute Gasteiger partial charge is 0.497 e. The van der Waals surface area contributed by atoms with E-state index in [1.54, 1.807) is 31.1 Å². The fourth-order valence-electron chi connectivity index (χ4n) is 10.9. The summed E-state index contributed by atoms with van der Waals surface area (Å²) in [6.07, 6.45) is 0.416. The van der Waals surface area contributed by atoms with Crippen LogP contribution in [0.2, 0.25) is 0 Å². The third-order valence-electron chi connectivity index (χ3n) is 15.1. The minimum Gasteiger partial charge on any atom is -0.497 e. The molecule has 0 aliphatic carbocycles. The summed E-state index contributed by atoms with van der Waals surface area (Å²) in [5, 5.41) is 32.2. The lowest BCUT2D eigenvalue weighted by Crippen LogP contribution is -2.41. The summed E-state index contributed by atoms with van der Waals surface area (Å²) in [7, 11) is 4.89. The molecule has 0 spiro atoms. The van der Waals surface area contributed by atoms with Crippen molar-refractivity contribution in [2.24, 2.45) is 0 Å². The zero-order valence-electron chi connectivity index (χ0n) is 46.0. The van der Waals surface area contributed by atoms with Crippen molar-refractivity contribution in [3.63, 3.8) is 0 Å². The normalized spacial score (nSPS) is 13.5. The van der Waals surface area contributed by atoms with E-state index in [1.807, 2.05) is 139 Å². The van der Waals surface area contributed by atoms with Crippen LogP contribution in [0.5, 0.6) is 17.2 Å². The lowest BCUT2D eigenvalue weighted by atomic mass is 10.0. The van der Waals surface area contributed by atoms with Crippen LogP contribution >= 0.6 is 0 Å². The Morgan fingerprint density at radius 1 is 0.494 bits per heavy atom. The Bertz CT molecular complexity index is 4020. The number of aryl methyl sites for hydroxylation is 3. The van der Waals surface area contributed by atoms with E-state index in [9.17, 15) is 30.2 Å². The fraction of sp³-hybridized carbons (Fsp3) is 0.250. The first kappa shape index (κ1) is 54.2. The van der Waals surface area contributed by atoms with Crippen molar-refractivity contribution in [1.82, 2.24) is 18.6 Å². The van der Waals surface area contributed by atoms with Gasteiger partial charge in [-0.3, -0.25) is 14.6 Å². The SMILES string of the molecule is CCn1c(-c2ccc(C(=O)N3CCC3)cc2)c(C#N)c2cc(OC)ccc21.CCn1c(-c2ccc(N3CCOC3=O)cc2)c(C#N)c2ccc(OC)cc21.CCn1c(-c2cccc(N3CCOC3=O)c2)c(C#N)c2ccc(OC)cc21.